The molecule has 3 atom stereocenters. The third-order valence-corrected chi connectivity index (χ3v) is 5.36. The summed E-state index contributed by atoms with van der Waals surface area (Å²) in [5.41, 5.74) is 7.06. The normalized spacial score (nSPS) is 26.3. The van der Waals surface area contributed by atoms with Crippen molar-refractivity contribution in [3.8, 4) is 0 Å². The second-order valence-electron chi connectivity index (χ2n) is 5.30. The Morgan fingerprint density at radius 3 is 3.00 bits per heavy atom. The number of thioether (sulfide) groups is 1. The fourth-order valence-corrected chi connectivity index (χ4v) is 3.68. The van der Waals surface area contributed by atoms with Crippen LogP contribution in [0.4, 0.5) is 4.39 Å². The summed E-state index contributed by atoms with van der Waals surface area (Å²) in [5, 5.41) is 0.680. The van der Waals surface area contributed by atoms with E-state index >= 15 is 0 Å². The lowest BCUT2D eigenvalue weighted by Gasteiger charge is -2.38. The molecule has 1 aromatic carbocycles. The van der Waals surface area contributed by atoms with Crippen molar-refractivity contribution in [3.63, 3.8) is 0 Å². The second kappa shape index (κ2) is 6.73. The molecule has 1 heterocycles. The molecule has 0 aromatic heterocycles. The van der Waals surface area contributed by atoms with Gasteiger partial charge in [0.2, 0.25) is 0 Å². The van der Waals surface area contributed by atoms with Gasteiger partial charge in [0, 0.05) is 36.2 Å². The Morgan fingerprint density at radius 2 is 2.26 bits per heavy atom. The lowest BCUT2D eigenvalue weighted by atomic mass is 10.0. The molecule has 0 saturated carbocycles. The summed E-state index contributed by atoms with van der Waals surface area (Å²) in [5.74, 6) is 0.991. The van der Waals surface area contributed by atoms with Gasteiger partial charge in [-0.2, -0.15) is 11.8 Å². The minimum absolute atomic E-state index is 0.0761. The maximum Gasteiger partial charge on any atom is 0.123 e. The average molecular weight is 282 g/mol. The van der Waals surface area contributed by atoms with E-state index in [0.717, 1.165) is 25.1 Å². The van der Waals surface area contributed by atoms with E-state index in [2.05, 4.69) is 18.7 Å². The van der Waals surface area contributed by atoms with Gasteiger partial charge in [-0.15, -0.1) is 0 Å². The first-order chi connectivity index (χ1) is 9.08. The van der Waals surface area contributed by atoms with E-state index < -0.39 is 0 Å². The van der Waals surface area contributed by atoms with Crippen molar-refractivity contribution in [1.29, 1.82) is 0 Å². The minimum atomic E-state index is -0.204. The van der Waals surface area contributed by atoms with Crippen LogP contribution in [0.25, 0.3) is 0 Å². The van der Waals surface area contributed by atoms with Crippen LogP contribution in [0.15, 0.2) is 24.3 Å². The molecule has 106 valence electrons. The molecule has 0 bridgehead atoms. The van der Waals surface area contributed by atoms with Crippen LogP contribution in [0.2, 0.25) is 0 Å². The lowest BCUT2D eigenvalue weighted by Crippen LogP contribution is -2.45. The molecule has 0 amide bonds. The molecule has 0 radical (unpaired) electrons. The van der Waals surface area contributed by atoms with Crippen molar-refractivity contribution in [3.05, 3.63) is 35.6 Å². The minimum Gasteiger partial charge on any atom is -0.324 e. The Balaban J connectivity index is 1.88. The van der Waals surface area contributed by atoms with Gasteiger partial charge in [0.15, 0.2) is 0 Å². The molecule has 2 nitrogen and oxygen atoms in total. The van der Waals surface area contributed by atoms with Crippen molar-refractivity contribution < 1.29 is 4.39 Å². The molecule has 19 heavy (non-hydrogen) atoms. The van der Waals surface area contributed by atoms with Crippen LogP contribution in [-0.4, -0.2) is 35.0 Å². The van der Waals surface area contributed by atoms with Gasteiger partial charge in [-0.3, -0.25) is 4.90 Å². The first kappa shape index (κ1) is 14.8. The van der Waals surface area contributed by atoms with Gasteiger partial charge in [-0.1, -0.05) is 19.1 Å². The molecule has 1 aliphatic heterocycles. The molecule has 4 heteroatoms. The fourth-order valence-electron chi connectivity index (χ4n) is 2.52. The van der Waals surface area contributed by atoms with E-state index in [-0.39, 0.29) is 11.9 Å². The molecule has 1 aromatic rings. The zero-order chi connectivity index (χ0) is 13.8. The SMILES string of the molecule is CC1SCCN(CCC(N)c2cccc(F)c2)C1C. The van der Waals surface area contributed by atoms with E-state index in [0.29, 0.717) is 11.3 Å². The van der Waals surface area contributed by atoms with Crippen molar-refractivity contribution in [2.45, 2.75) is 37.6 Å². The molecule has 1 saturated heterocycles. The molecular weight excluding hydrogens is 259 g/mol. The predicted molar refractivity (Wildman–Crippen MR) is 80.9 cm³/mol. The molecule has 0 aliphatic carbocycles. The van der Waals surface area contributed by atoms with Gasteiger partial charge in [0.1, 0.15) is 5.82 Å². The lowest BCUT2D eigenvalue weighted by molar-refractivity contribution is 0.205. The number of halogens is 1. The Kier molecular flexibility index (Phi) is 5.25. The molecule has 1 aliphatic rings. The van der Waals surface area contributed by atoms with Crippen LogP contribution in [-0.2, 0) is 0 Å². The van der Waals surface area contributed by atoms with Crippen LogP contribution < -0.4 is 5.73 Å². The van der Waals surface area contributed by atoms with Crippen molar-refractivity contribution in [2.24, 2.45) is 5.73 Å². The Morgan fingerprint density at radius 1 is 1.47 bits per heavy atom. The van der Waals surface area contributed by atoms with Crippen LogP contribution in [0.5, 0.6) is 0 Å². The largest absolute Gasteiger partial charge is 0.324 e. The van der Waals surface area contributed by atoms with E-state index in [1.165, 1.54) is 11.8 Å². The molecule has 2 rings (SSSR count). The summed E-state index contributed by atoms with van der Waals surface area (Å²) < 4.78 is 13.2. The fraction of sp³-hybridized carbons (Fsp3) is 0.600. The Hall–Kier alpha value is -0.580. The highest BCUT2D eigenvalue weighted by molar-refractivity contribution is 8.00. The second-order valence-corrected chi connectivity index (χ2v) is 6.79. The highest BCUT2D eigenvalue weighted by atomic mass is 32.2. The first-order valence-electron chi connectivity index (χ1n) is 6.94. The maximum absolute atomic E-state index is 13.2. The number of benzene rings is 1. The van der Waals surface area contributed by atoms with Crippen LogP contribution in [0, 0.1) is 5.82 Å². The predicted octanol–water partition coefficient (Wildman–Crippen LogP) is 3.04. The summed E-state index contributed by atoms with van der Waals surface area (Å²) in [6.07, 6.45) is 0.880. The third kappa shape index (κ3) is 3.94. The van der Waals surface area contributed by atoms with E-state index in [1.807, 2.05) is 17.8 Å². The van der Waals surface area contributed by atoms with Gasteiger partial charge in [-0.05, 0) is 31.0 Å². The first-order valence-corrected chi connectivity index (χ1v) is 7.99. The van der Waals surface area contributed by atoms with Crippen molar-refractivity contribution in [2.75, 3.05) is 18.8 Å². The van der Waals surface area contributed by atoms with Crippen molar-refractivity contribution >= 4 is 11.8 Å². The van der Waals surface area contributed by atoms with E-state index in [4.69, 9.17) is 5.73 Å². The van der Waals surface area contributed by atoms with E-state index in [1.54, 1.807) is 12.1 Å². The third-order valence-electron chi connectivity index (χ3n) is 4.02. The number of nitrogens with zero attached hydrogens (tertiary/aromatic N) is 1. The summed E-state index contributed by atoms with van der Waals surface area (Å²) in [7, 11) is 0. The number of rotatable bonds is 4. The summed E-state index contributed by atoms with van der Waals surface area (Å²) in [6.45, 7) is 6.69. The van der Waals surface area contributed by atoms with Gasteiger partial charge in [-0.25, -0.2) is 4.39 Å². The van der Waals surface area contributed by atoms with Gasteiger partial charge in [0.05, 0.1) is 0 Å². The molecule has 1 fully saturated rings. The quantitative estimate of drug-likeness (QED) is 0.920. The van der Waals surface area contributed by atoms with E-state index in [9.17, 15) is 4.39 Å². The van der Waals surface area contributed by atoms with Gasteiger partial charge in [0.25, 0.3) is 0 Å². The Labute approximate surface area is 119 Å². The Bertz CT molecular complexity index is 413. The molecule has 2 N–H and O–H groups in total. The van der Waals surface area contributed by atoms with Crippen LogP contribution >= 0.6 is 11.8 Å². The highest BCUT2D eigenvalue weighted by Gasteiger charge is 2.25. The van der Waals surface area contributed by atoms with Crippen molar-refractivity contribution in [1.82, 2.24) is 4.90 Å². The standard InChI is InChI=1S/C15H23FN2S/c1-11-12(2)19-9-8-18(11)7-6-15(17)13-4-3-5-14(16)10-13/h3-5,10-12,15H,6-9,17H2,1-2H3. The van der Waals surface area contributed by atoms with Gasteiger partial charge < -0.3 is 5.73 Å². The summed E-state index contributed by atoms with van der Waals surface area (Å²) in [4.78, 5) is 2.50. The molecular formula is C15H23FN2S. The number of hydrogen-bond donors (Lipinski definition) is 1. The molecule has 0 spiro atoms. The van der Waals surface area contributed by atoms with Gasteiger partial charge >= 0.3 is 0 Å². The molecule has 3 unspecified atom stereocenters. The van der Waals surface area contributed by atoms with Crippen LogP contribution in [0.1, 0.15) is 31.9 Å². The number of hydrogen-bond acceptors (Lipinski definition) is 3. The average Bonchev–Trinajstić information content (AvgIpc) is 2.40. The smallest absolute Gasteiger partial charge is 0.123 e. The number of nitrogens with two attached hydrogens (primary N) is 1. The zero-order valence-electron chi connectivity index (χ0n) is 11.7. The monoisotopic (exact) mass is 282 g/mol. The topological polar surface area (TPSA) is 29.3 Å². The summed E-state index contributed by atoms with van der Waals surface area (Å²) in [6, 6.07) is 7.16. The highest BCUT2D eigenvalue weighted by Crippen LogP contribution is 2.25. The van der Waals surface area contributed by atoms with Crippen LogP contribution in [0.3, 0.4) is 0 Å². The maximum atomic E-state index is 13.2. The zero-order valence-corrected chi connectivity index (χ0v) is 12.5. The summed E-state index contributed by atoms with van der Waals surface area (Å²) >= 11 is 2.04.